The zero-order valence-electron chi connectivity index (χ0n) is 16.1. The molecule has 4 rings (SSSR count). The highest BCUT2D eigenvalue weighted by molar-refractivity contribution is 5.92. The largest absolute Gasteiger partial charge is 0.350 e. The van der Waals surface area contributed by atoms with Crippen LogP contribution in [-0.4, -0.2) is 34.1 Å². The molecule has 0 fully saturated rings. The van der Waals surface area contributed by atoms with Crippen molar-refractivity contribution in [3.8, 4) is 0 Å². The van der Waals surface area contributed by atoms with Crippen LogP contribution in [0.1, 0.15) is 34.1 Å². The molecule has 1 aliphatic heterocycles. The van der Waals surface area contributed by atoms with Crippen LogP contribution in [0.25, 0.3) is 0 Å². The van der Waals surface area contributed by atoms with Gasteiger partial charge < -0.3 is 9.80 Å². The second-order valence-corrected chi connectivity index (χ2v) is 7.02. The Kier molecular flexibility index (Phi) is 5.33. The standard InChI is InChI=1S/C23H24N4O/c1-2-26(16-18-8-4-3-5-9-18)23(28)21-12-13-22(25-24-21)27-15-14-19-10-6-7-11-20(19)17-27/h3-13H,2,14-17H2,1H3. The van der Waals surface area contributed by atoms with Gasteiger partial charge in [-0.2, -0.15) is 0 Å². The number of carbonyl (C=O) groups is 1. The Morgan fingerprint density at radius 2 is 1.71 bits per heavy atom. The van der Waals surface area contributed by atoms with Gasteiger partial charge in [0, 0.05) is 26.2 Å². The number of amides is 1. The van der Waals surface area contributed by atoms with Crippen LogP contribution in [0.2, 0.25) is 0 Å². The van der Waals surface area contributed by atoms with Gasteiger partial charge >= 0.3 is 0 Å². The summed E-state index contributed by atoms with van der Waals surface area (Å²) in [6.45, 7) is 4.91. The van der Waals surface area contributed by atoms with Gasteiger partial charge in [0.2, 0.25) is 0 Å². The van der Waals surface area contributed by atoms with Crippen LogP contribution in [0.15, 0.2) is 66.7 Å². The number of anilines is 1. The van der Waals surface area contributed by atoms with Gasteiger partial charge in [0.25, 0.3) is 5.91 Å². The number of hydrogen-bond acceptors (Lipinski definition) is 4. The van der Waals surface area contributed by atoms with E-state index in [1.54, 1.807) is 11.0 Å². The highest BCUT2D eigenvalue weighted by Crippen LogP contribution is 2.22. The minimum absolute atomic E-state index is 0.0885. The molecule has 0 N–H and O–H groups in total. The van der Waals surface area contributed by atoms with Crippen LogP contribution in [0, 0.1) is 0 Å². The molecule has 2 aromatic carbocycles. The third-order valence-electron chi connectivity index (χ3n) is 5.21. The van der Waals surface area contributed by atoms with Crippen molar-refractivity contribution < 1.29 is 4.79 Å². The number of benzene rings is 2. The van der Waals surface area contributed by atoms with Crippen molar-refractivity contribution in [1.29, 1.82) is 0 Å². The Labute approximate surface area is 165 Å². The number of fused-ring (bicyclic) bond motifs is 1. The fourth-order valence-corrected chi connectivity index (χ4v) is 3.59. The van der Waals surface area contributed by atoms with Crippen LogP contribution in [0.4, 0.5) is 5.82 Å². The minimum Gasteiger partial charge on any atom is -0.350 e. The first kappa shape index (κ1) is 18.2. The topological polar surface area (TPSA) is 49.3 Å². The number of carbonyl (C=O) groups excluding carboxylic acids is 1. The molecule has 0 unspecified atom stereocenters. The summed E-state index contributed by atoms with van der Waals surface area (Å²) in [6, 6.07) is 22.2. The van der Waals surface area contributed by atoms with Crippen molar-refractivity contribution in [2.24, 2.45) is 0 Å². The lowest BCUT2D eigenvalue weighted by molar-refractivity contribution is 0.0745. The lowest BCUT2D eigenvalue weighted by atomic mass is 10.00. The summed E-state index contributed by atoms with van der Waals surface area (Å²) in [5.74, 6) is 0.728. The summed E-state index contributed by atoms with van der Waals surface area (Å²) in [4.78, 5) is 16.8. The fraction of sp³-hybridized carbons (Fsp3) is 0.261. The summed E-state index contributed by atoms with van der Waals surface area (Å²) in [6.07, 6.45) is 0.999. The smallest absolute Gasteiger partial charge is 0.274 e. The van der Waals surface area contributed by atoms with E-state index in [9.17, 15) is 4.79 Å². The molecule has 1 amide bonds. The van der Waals surface area contributed by atoms with Crippen molar-refractivity contribution in [2.75, 3.05) is 18.0 Å². The maximum absolute atomic E-state index is 12.8. The summed E-state index contributed by atoms with van der Waals surface area (Å²) in [7, 11) is 0. The molecule has 5 heteroatoms. The molecule has 0 saturated carbocycles. The van der Waals surface area contributed by atoms with E-state index in [1.165, 1.54) is 11.1 Å². The number of nitrogens with zero attached hydrogens (tertiary/aromatic N) is 4. The summed E-state index contributed by atoms with van der Waals surface area (Å²) < 4.78 is 0. The van der Waals surface area contributed by atoms with Crippen molar-refractivity contribution in [2.45, 2.75) is 26.4 Å². The van der Waals surface area contributed by atoms with Crippen LogP contribution < -0.4 is 4.90 Å². The normalized spacial score (nSPS) is 13.1. The van der Waals surface area contributed by atoms with Crippen molar-refractivity contribution in [3.63, 3.8) is 0 Å². The highest BCUT2D eigenvalue weighted by Gasteiger charge is 2.20. The molecule has 0 aliphatic carbocycles. The molecule has 1 aliphatic rings. The first-order valence-electron chi connectivity index (χ1n) is 9.73. The van der Waals surface area contributed by atoms with Gasteiger partial charge in [0.1, 0.15) is 0 Å². The highest BCUT2D eigenvalue weighted by atomic mass is 16.2. The molecule has 0 radical (unpaired) electrons. The first-order chi connectivity index (χ1) is 13.7. The third-order valence-corrected chi connectivity index (χ3v) is 5.21. The van der Waals surface area contributed by atoms with Gasteiger partial charge in [0.15, 0.2) is 11.5 Å². The van der Waals surface area contributed by atoms with E-state index >= 15 is 0 Å². The van der Waals surface area contributed by atoms with E-state index in [-0.39, 0.29) is 5.91 Å². The zero-order chi connectivity index (χ0) is 19.3. The Bertz CT molecular complexity index is 940. The summed E-state index contributed by atoms with van der Waals surface area (Å²) in [5, 5.41) is 8.59. The number of rotatable bonds is 5. The molecule has 0 bridgehead atoms. The van der Waals surface area contributed by atoms with Crippen molar-refractivity contribution in [3.05, 3.63) is 89.1 Å². The molecule has 142 valence electrons. The van der Waals surface area contributed by atoms with E-state index in [1.807, 2.05) is 43.3 Å². The SMILES string of the molecule is CCN(Cc1ccccc1)C(=O)c1ccc(N2CCc3ccccc3C2)nn1. The Morgan fingerprint density at radius 1 is 0.964 bits per heavy atom. The molecule has 28 heavy (non-hydrogen) atoms. The maximum atomic E-state index is 12.8. The monoisotopic (exact) mass is 372 g/mol. The number of aromatic nitrogens is 2. The van der Waals surface area contributed by atoms with Crippen LogP contribution in [0.3, 0.4) is 0 Å². The van der Waals surface area contributed by atoms with Crippen molar-refractivity contribution >= 4 is 11.7 Å². The second-order valence-electron chi connectivity index (χ2n) is 7.02. The van der Waals surface area contributed by atoms with Gasteiger partial charge in [-0.3, -0.25) is 4.79 Å². The second kappa shape index (κ2) is 8.21. The molecule has 0 spiro atoms. The molecule has 0 saturated heterocycles. The molecule has 5 nitrogen and oxygen atoms in total. The lowest BCUT2D eigenvalue weighted by Crippen LogP contribution is -2.33. The molecule has 0 atom stereocenters. The average Bonchev–Trinajstić information content (AvgIpc) is 2.77. The Morgan fingerprint density at radius 3 is 2.43 bits per heavy atom. The van der Waals surface area contributed by atoms with Crippen LogP contribution in [-0.2, 0) is 19.5 Å². The maximum Gasteiger partial charge on any atom is 0.274 e. The number of hydrogen-bond donors (Lipinski definition) is 0. The quantitative estimate of drug-likeness (QED) is 0.685. The van der Waals surface area contributed by atoms with Crippen LogP contribution in [0.5, 0.6) is 0 Å². The minimum atomic E-state index is -0.0885. The van der Waals surface area contributed by atoms with Gasteiger partial charge in [0.05, 0.1) is 0 Å². The molecule has 2 heterocycles. The first-order valence-corrected chi connectivity index (χ1v) is 9.73. The molecule has 3 aromatic rings. The van der Waals surface area contributed by atoms with Crippen LogP contribution >= 0.6 is 0 Å². The summed E-state index contributed by atoms with van der Waals surface area (Å²) in [5.41, 5.74) is 4.22. The Balaban J connectivity index is 1.46. The van der Waals surface area contributed by atoms with E-state index in [2.05, 4.69) is 39.4 Å². The predicted molar refractivity (Wildman–Crippen MR) is 110 cm³/mol. The van der Waals surface area contributed by atoms with Gasteiger partial charge in [-0.15, -0.1) is 10.2 Å². The van der Waals surface area contributed by atoms with Gasteiger partial charge in [-0.25, -0.2) is 0 Å². The molecule has 1 aromatic heterocycles. The molecular weight excluding hydrogens is 348 g/mol. The summed E-state index contributed by atoms with van der Waals surface area (Å²) >= 11 is 0. The van der Waals surface area contributed by atoms with Gasteiger partial charge in [-0.1, -0.05) is 54.6 Å². The average molecular weight is 372 g/mol. The van der Waals surface area contributed by atoms with E-state index in [0.717, 1.165) is 30.9 Å². The fourth-order valence-electron chi connectivity index (χ4n) is 3.59. The van der Waals surface area contributed by atoms with E-state index < -0.39 is 0 Å². The molecular formula is C23H24N4O. The predicted octanol–water partition coefficient (Wildman–Crippen LogP) is 3.70. The van der Waals surface area contributed by atoms with Gasteiger partial charge in [-0.05, 0) is 42.2 Å². The van der Waals surface area contributed by atoms with Crippen molar-refractivity contribution in [1.82, 2.24) is 15.1 Å². The van der Waals surface area contributed by atoms with E-state index in [0.29, 0.717) is 18.8 Å². The Hall–Kier alpha value is -3.21. The lowest BCUT2D eigenvalue weighted by Gasteiger charge is -2.29. The third kappa shape index (κ3) is 3.88. The zero-order valence-corrected chi connectivity index (χ0v) is 16.1. The van der Waals surface area contributed by atoms with E-state index in [4.69, 9.17) is 0 Å².